The zero-order valence-corrected chi connectivity index (χ0v) is 5.58. The van der Waals surface area contributed by atoms with E-state index in [2.05, 4.69) is 12.2 Å². The fourth-order valence-electron chi connectivity index (χ4n) is 1.28. The monoisotopic (exact) mass is 134 g/mol. The van der Waals surface area contributed by atoms with Crippen LogP contribution in [0.1, 0.15) is 6.42 Å². The third-order valence-corrected chi connectivity index (χ3v) is 1.78. The Labute approximate surface area is 59.7 Å². The molecule has 1 heterocycles. The van der Waals surface area contributed by atoms with Crippen LogP contribution in [0.3, 0.4) is 0 Å². The number of hydrogen-bond acceptors (Lipinski definition) is 2. The van der Waals surface area contributed by atoms with Gasteiger partial charge in [0.15, 0.2) is 0 Å². The molecule has 10 heavy (non-hydrogen) atoms. The van der Waals surface area contributed by atoms with E-state index in [0.29, 0.717) is 6.54 Å². The molecule has 0 spiro atoms. The van der Waals surface area contributed by atoms with Gasteiger partial charge in [-0.2, -0.15) is 0 Å². The molecule has 0 amide bonds. The predicted octanol–water partition coefficient (Wildman–Crippen LogP) is 1.57. The molecule has 2 aliphatic rings. The Morgan fingerprint density at radius 3 is 3.20 bits per heavy atom. The van der Waals surface area contributed by atoms with Gasteiger partial charge in [-0.15, -0.1) is 0 Å². The van der Waals surface area contributed by atoms with Crippen molar-refractivity contribution in [1.82, 2.24) is 5.06 Å². The molecule has 0 fully saturated rings. The summed E-state index contributed by atoms with van der Waals surface area (Å²) in [6.45, 7) is 0.541. The van der Waals surface area contributed by atoms with Gasteiger partial charge in [-0.25, -0.2) is 0 Å². The molecule has 0 aromatic carbocycles. The molecule has 2 rings (SSSR count). The second kappa shape index (κ2) is 1.99. The highest BCUT2D eigenvalue weighted by atomic mass is 16.5. The van der Waals surface area contributed by atoms with Gasteiger partial charge in [0.2, 0.25) is 0 Å². The van der Waals surface area contributed by atoms with Gasteiger partial charge in [0.25, 0.3) is 0 Å². The van der Waals surface area contributed by atoms with Gasteiger partial charge < -0.3 is 10.3 Å². The molecule has 2 heteroatoms. The lowest BCUT2D eigenvalue weighted by Crippen LogP contribution is -2.04. The Hall–Kier alpha value is -1.02. The van der Waals surface area contributed by atoms with Crippen molar-refractivity contribution in [2.45, 2.75) is 6.42 Å². The summed E-state index contributed by atoms with van der Waals surface area (Å²) in [7, 11) is 0. The smallest absolute Gasteiger partial charge is 0.0315 e. The summed E-state index contributed by atoms with van der Waals surface area (Å²) in [4.78, 5) is 0. The van der Waals surface area contributed by atoms with Gasteiger partial charge in [-0.05, 0) is 23.8 Å². The molecule has 1 aliphatic carbocycles. The van der Waals surface area contributed by atoms with Gasteiger partial charge in [0.05, 0.1) is 0 Å². The van der Waals surface area contributed by atoms with Crippen molar-refractivity contribution in [3.63, 3.8) is 0 Å². The second-order valence-corrected chi connectivity index (χ2v) is 2.53. The van der Waals surface area contributed by atoms with Crippen LogP contribution in [0.2, 0.25) is 0 Å². The van der Waals surface area contributed by atoms with Gasteiger partial charge in [0.1, 0.15) is 0 Å². The maximum Gasteiger partial charge on any atom is 0.0315 e. The Bertz CT molecular complexity index is 238. The van der Waals surface area contributed by atoms with Crippen molar-refractivity contribution in [1.29, 1.82) is 0 Å². The highest BCUT2D eigenvalue weighted by Gasteiger charge is 2.10. The summed E-state index contributed by atoms with van der Waals surface area (Å²) >= 11 is 0. The lowest BCUT2D eigenvalue weighted by molar-refractivity contribution is 0.584. The largest absolute Gasteiger partial charge is 0.758 e. The molecule has 0 bridgehead atoms. The summed E-state index contributed by atoms with van der Waals surface area (Å²) in [5, 5.41) is 11.7. The molecular weight excluding hydrogens is 126 g/mol. The van der Waals surface area contributed by atoms with Crippen LogP contribution in [0.25, 0.3) is 0 Å². The summed E-state index contributed by atoms with van der Waals surface area (Å²) in [5.74, 6) is 0. The summed E-state index contributed by atoms with van der Waals surface area (Å²) < 4.78 is 0. The maximum absolute atomic E-state index is 10.8. The average Bonchev–Trinajstić information content (AvgIpc) is 2.27. The van der Waals surface area contributed by atoms with Crippen LogP contribution in [0.4, 0.5) is 0 Å². The number of hydroxylamine groups is 2. The highest BCUT2D eigenvalue weighted by molar-refractivity contribution is 5.47. The maximum atomic E-state index is 10.8. The first-order valence-corrected chi connectivity index (χ1v) is 3.38. The SMILES string of the molecule is [O-]N1C=C2C=CCC=C2C1. The third-order valence-electron chi connectivity index (χ3n) is 1.78. The molecule has 0 N–H and O–H groups in total. The molecule has 1 aliphatic heterocycles. The molecule has 0 saturated carbocycles. The number of rotatable bonds is 0. The fourth-order valence-corrected chi connectivity index (χ4v) is 1.28. The molecule has 2 nitrogen and oxygen atoms in total. The van der Waals surface area contributed by atoms with E-state index in [9.17, 15) is 5.21 Å². The van der Waals surface area contributed by atoms with Crippen LogP contribution in [0.5, 0.6) is 0 Å². The molecule has 0 aromatic heterocycles. The van der Waals surface area contributed by atoms with E-state index < -0.39 is 0 Å². The van der Waals surface area contributed by atoms with Crippen LogP contribution in [0.15, 0.2) is 35.6 Å². The summed E-state index contributed by atoms with van der Waals surface area (Å²) in [5.41, 5.74) is 2.26. The van der Waals surface area contributed by atoms with Crippen molar-refractivity contribution in [2.24, 2.45) is 0 Å². The van der Waals surface area contributed by atoms with Crippen molar-refractivity contribution in [3.8, 4) is 0 Å². The van der Waals surface area contributed by atoms with Crippen LogP contribution in [-0.4, -0.2) is 11.6 Å². The Morgan fingerprint density at radius 1 is 1.50 bits per heavy atom. The summed E-state index contributed by atoms with van der Waals surface area (Å²) in [6.07, 6.45) is 8.79. The van der Waals surface area contributed by atoms with Crippen LogP contribution in [0, 0.1) is 5.21 Å². The van der Waals surface area contributed by atoms with Gasteiger partial charge in [-0.1, -0.05) is 18.2 Å². The first kappa shape index (κ1) is 5.74. The highest BCUT2D eigenvalue weighted by Crippen LogP contribution is 2.24. The molecule has 0 aromatic rings. The first-order chi connectivity index (χ1) is 4.86. The topological polar surface area (TPSA) is 26.3 Å². The second-order valence-electron chi connectivity index (χ2n) is 2.53. The van der Waals surface area contributed by atoms with Gasteiger partial charge in [0, 0.05) is 6.54 Å². The molecule has 0 unspecified atom stereocenters. The van der Waals surface area contributed by atoms with Crippen molar-refractivity contribution >= 4 is 0 Å². The minimum Gasteiger partial charge on any atom is -0.758 e. The van der Waals surface area contributed by atoms with E-state index in [0.717, 1.165) is 17.1 Å². The Balaban J connectivity index is 2.34. The summed E-state index contributed by atoms with van der Waals surface area (Å²) in [6, 6.07) is 0. The molecule has 0 atom stereocenters. The van der Waals surface area contributed by atoms with Gasteiger partial charge in [-0.3, -0.25) is 0 Å². The van der Waals surface area contributed by atoms with Crippen LogP contribution < -0.4 is 0 Å². The number of hydrogen-bond donors (Lipinski definition) is 0. The van der Waals surface area contributed by atoms with E-state index >= 15 is 0 Å². The van der Waals surface area contributed by atoms with Crippen molar-refractivity contribution in [3.05, 3.63) is 40.8 Å². The average molecular weight is 134 g/mol. The Morgan fingerprint density at radius 2 is 2.40 bits per heavy atom. The van der Waals surface area contributed by atoms with Crippen LogP contribution in [-0.2, 0) is 0 Å². The zero-order chi connectivity index (χ0) is 6.97. The predicted molar refractivity (Wildman–Crippen MR) is 40.0 cm³/mol. The number of nitrogens with zero attached hydrogens (tertiary/aromatic N) is 1. The fraction of sp³-hybridized carbons (Fsp3) is 0.250. The molecule has 52 valence electrons. The van der Waals surface area contributed by atoms with E-state index in [1.54, 1.807) is 6.20 Å². The lowest BCUT2D eigenvalue weighted by atomic mass is 10.0. The van der Waals surface area contributed by atoms with E-state index in [-0.39, 0.29) is 0 Å². The zero-order valence-electron chi connectivity index (χ0n) is 5.58. The van der Waals surface area contributed by atoms with Crippen molar-refractivity contribution in [2.75, 3.05) is 6.54 Å². The van der Waals surface area contributed by atoms with Gasteiger partial charge >= 0.3 is 0 Å². The normalized spacial score (nSPS) is 22.3. The minimum atomic E-state index is 0.541. The van der Waals surface area contributed by atoms with E-state index in [1.165, 1.54) is 5.57 Å². The number of allylic oxidation sites excluding steroid dienone is 3. The van der Waals surface area contributed by atoms with E-state index in [1.807, 2.05) is 6.08 Å². The molecule has 0 radical (unpaired) electrons. The third kappa shape index (κ3) is 0.772. The number of fused-ring (bicyclic) bond motifs is 1. The standard InChI is InChI=1S/C8H8NO/c10-9-5-7-3-1-2-4-8(7)6-9/h1,3-5H,2,6H2/q-1. The quantitative estimate of drug-likeness (QED) is 0.502. The molecule has 0 saturated heterocycles. The van der Waals surface area contributed by atoms with E-state index in [4.69, 9.17) is 0 Å². The van der Waals surface area contributed by atoms with Crippen molar-refractivity contribution < 1.29 is 0 Å². The van der Waals surface area contributed by atoms with Crippen LogP contribution >= 0.6 is 0 Å². The lowest BCUT2D eigenvalue weighted by Gasteiger charge is -2.19. The Kier molecular flexibility index (Phi) is 1.14. The first-order valence-electron chi connectivity index (χ1n) is 3.38. The minimum absolute atomic E-state index is 0.541. The molecular formula is C8H8NO-.